The van der Waals surface area contributed by atoms with Gasteiger partial charge in [-0.05, 0) is 11.6 Å². The van der Waals surface area contributed by atoms with E-state index in [0.29, 0.717) is 0 Å². The van der Waals surface area contributed by atoms with E-state index in [2.05, 4.69) is 0 Å². The Morgan fingerprint density at radius 3 is 1.95 bits per heavy atom. The molecule has 2 atom stereocenters. The molecule has 1 aromatic rings. The summed E-state index contributed by atoms with van der Waals surface area (Å²) < 4.78 is 0. The van der Waals surface area contributed by atoms with E-state index in [0.717, 1.165) is 5.56 Å². The number of carbonyl (C=O) groups is 2. The number of allylic oxidation sites excluding steroid dienone is 1. The number of Topliss-reactive ketones (excluding diaryl/α,β-unsaturated/α-hetero) is 2. The number of ketones is 2. The molecule has 1 aliphatic rings. The average molecular weight is 297 g/mol. The second kappa shape index (κ2) is 5.10. The summed E-state index contributed by atoms with van der Waals surface area (Å²) in [6.45, 7) is 3.47. The molecule has 2 unspecified atom stereocenters. The minimum Gasteiger partial charge on any atom is -0.292 e. The number of rotatable bonds is 1. The van der Waals surface area contributed by atoms with Crippen molar-refractivity contribution in [2.24, 2.45) is 5.41 Å². The molecule has 1 aromatic carbocycles. The van der Waals surface area contributed by atoms with Crippen LogP contribution in [-0.2, 0) is 9.59 Å². The van der Waals surface area contributed by atoms with Crippen LogP contribution in [0, 0.1) is 5.41 Å². The first kappa shape index (κ1) is 14.3. The maximum absolute atomic E-state index is 12.2. The fourth-order valence-electron chi connectivity index (χ4n) is 2.06. The first-order chi connectivity index (χ1) is 8.85. The summed E-state index contributed by atoms with van der Waals surface area (Å²) in [6.07, 6.45) is 1.56. The highest BCUT2D eigenvalue weighted by Crippen LogP contribution is 2.41. The van der Waals surface area contributed by atoms with Crippen molar-refractivity contribution in [3.63, 3.8) is 0 Å². The third-order valence-corrected chi connectivity index (χ3v) is 4.93. The first-order valence-corrected chi connectivity index (χ1v) is 6.86. The summed E-state index contributed by atoms with van der Waals surface area (Å²) in [6, 6.07) is 9.18. The molecule has 1 fully saturated rings. The molecule has 1 saturated carbocycles. The third-order valence-electron chi connectivity index (χ3n) is 3.41. The maximum atomic E-state index is 12.2. The molecule has 1 aliphatic carbocycles. The summed E-state index contributed by atoms with van der Waals surface area (Å²) >= 11 is 12.3. The van der Waals surface area contributed by atoms with Crippen LogP contribution >= 0.6 is 23.2 Å². The first-order valence-electron chi connectivity index (χ1n) is 5.99. The zero-order valence-electron chi connectivity index (χ0n) is 10.7. The van der Waals surface area contributed by atoms with Crippen molar-refractivity contribution < 1.29 is 9.59 Å². The Kier molecular flexibility index (Phi) is 3.84. The van der Waals surface area contributed by atoms with Gasteiger partial charge in [0.05, 0.1) is 5.57 Å². The van der Waals surface area contributed by atoms with Gasteiger partial charge in [0.15, 0.2) is 11.6 Å². The van der Waals surface area contributed by atoms with E-state index >= 15 is 0 Å². The third kappa shape index (κ3) is 2.47. The van der Waals surface area contributed by atoms with Crippen molar-refractivity contribution in [3.05, 3.63) is 41.5 Å². The lowest BCUT2D eigenvalue weighted by Crippen LogP contribution is -2.50. The van der Waals surface area contributed by atoms with E-state index in [1.807, 2.05) is 30.3 Å². The molecule has 0 N–H and O–H groups in total. The molecule has 2 rings (SSSR count). The number of benzene rings is 1. The average Bonchev–Trinajstić information content (AvgIpc) is 2.41. The maximum Gasteiger partial charge on any atom is 0.184 e. The Hall–Kier alpha value is -1.12. The monoisotopic (exact) mass is 296 g/mol. The van der Waals surface area contributed by atoms with E-state index in [9.17, 15) is 9.59 Å². The summed E-state index contributed by atoms with van der Waals surface area (Å²) in [5, 5.41) is -1.58. The lowest BCUT2D eigenvalue weighted by Gasteiger charge is -2.37. The second-order valence-corrected chi connectivity index (χ2v) is 6.12. The van der Waals surface area contributed by atoms with Gasteiger partial charge >= 0.3 is 0 Å². The van der Waals surface area contributed by atoms with Gasteiger partial charge in [0, 0.05) is 5.41 Å². The van der Waals surface area contributed by atoms with Crippen molar-refractivity contribution in [1.82, 2.24) is 0 Å². The lowest BCUT2D eigenvalue weighted by atomic mass is 9.73. The predicted molar refractivity (Wildman–Crippen MR) is 77.5 cm³/mol. The number of hydrogen-bond acceptors (Lipinski definition) is 2. The molecule has 100 valence electrons. The van der Waals surface area contributed by atoms with E-state index in [1.165, 1.54) is 0 Å². The van der Waals surface area contributed by atoms with E-state index in [1.54, 1.807) is 19.9 Å². The molecular formula is C15H14Cl2O2. The zero-order valence-corrected chi connectivity index (χ0v) is 12.2. The Morgan fingerprint density at radius 1 is 1.00 bits per heavy atom. The van der Waals surface area contributed by atoms with Crippen LogP contribution in [0.1, 0.15) is 19.4 Å². The molecule has 0 heterocycles. The predicted octanol–water partition coefficient (Wildman–Crippen LogP) is 3.46. The van der Waals surface area contributed by atoms with Crippen molar-refractivity contribution in [1.29, 1.82) is 0 Å². The number of halogens is 2. The number of alkyl halides is 2. The van der Waals surface area contributed by atoms with E-state index in [4.69, 9.17) is 23.2 Å². The summed E-state index contributed by atoms with van der Waals surface area (Å²) in [5.74, 6) is -0.699. The van der Waals surface area contributed by atoms with Crippen LogP contribution in [0.4, 0.5) is 0 Å². The van der Waals surface area contributed by atoms with Gasteiger partial charge in [0.25, 0.3) is 0 Å². The fraction of sp³-hybridized carbons (Fsp3) is 0.333. The minimum atomic E-state index is -0.789. The summed E-state index contributed by atoms with van der Waals surface area (Å²) in [4.78, 5) is 24.4. The normalized spacial score (nSPS) is 26.4. The van der Waals surface area contributed by atoms with Crippen LogP contribution in [0.5, 0.6) is 0 Å². The van der Waals surface area contributed by atoms with Crippen molar-refractivity contribution >= 4 is 40.8 Å². The van der Waals surface area contributed by atoms with Crippen LogP contribution in [0.3, 0.4) is 0 Å². The largest absolute Gasteiger partial charge is 0.292 e. The van der Waals surface area contributed by atoms with Gasteiger partial charge in [-0.1, -0.05) is 44.2 Å². The van der Waals surface area contributed by atoms with Crippen molar-refractivity contribution in [2.75, 3.05) is 0 Å². The summed E-state index contributed by atoms with van der Waals surface area (Å²) in [5.41, 5.74) is 0.128. The molecule has 0 spiro atoms. The summed E-state index contributed by atoms with van der Waals surface area (Å²) in [7, 11) is 0. The lowest BCUT2D eigenvalue weighted by molar-refractivity contribution is -0.126. The highest BCUT2D eigenvalue weighted by atomic mass is 35.5. The molecular weight excluding hydrogens is 283 g/mol. The van der Waals surface area contributed by atoms with Crippen molar-refractivity contribution in [2.45, 2.75) is 24.6 Å². The van der Waals surface area contributed by atoms with Gasteiger partial charge in [-0.15, -0.1) is 23.2 Å². The van der Waals surface area contributed by atoms with Gasteiger partial charge in [0.2, 0.25) is 0 Å². The molecule has 0 radical (unpaired) electrons. The van der Waals surface area contributed by atoms with Crippen LogP contribution in [0.25, 0.3) is 6.08 Å². The molecule has 0 aliphatic heterocycles. The minimum absolute atomic E-state index is 0.0884. The quantitative estimate of drug-likeness (QED) is 0.452. The zero-order chi connectivity index (χ0) is 14.2. The van der Waals surface area contributed by atoms with Crippen molar-refractivity contribution in [3.8, 4) is 0 Å². The molecule has 19 heavy (non-hydrogen) atoms. The Bertz CT molecular complexity index is 521. The highest BCUT2D eigenvalue weighted by Gasteiger charge is 2.50. The number of hydrogen-bond donors (Lipinski definition) is 0. The van der Waals surface area contributed by atoms with Gasteiger partial charge < -0.3 is 0 Å². The molecule has 0 aromatic heterocycles. The number of carbonyl (C=O) groups excluding carboxylic acids is 2. The fourth-order valence-corrected chi connectivity index (χ4v) is 2.61. The van der Waals surface area contributed by atoms with Crippen LogP contribution < -0.4 is 0 Å². The topological polar surface area (TPSA) is 34.1 Å². The van der Waals surface area contributed by atoms with E-state index in [-0.39, 0.29) is 17.1 Å². The molecule has 0 bridgehead atoms. The second-order valence-electron chi connectivity index (χ2n) is 5.24. The van der Waals surface area contributed by atoms with Gasteiger partial charge in [-0.3, -0.25) is 9.59 Å². The van der Waals surface area contributed by atoms with Gasteiger partial charge in [-0.2, -0.15) is 0 Å². The Labute approximate surface area is 122 Å². The van der Waals surface area contributed by atoms with Crippen LogP contribution in [0.2, 0.25) is 0 Å². The molecule has 0 amide bonds. The highest BCUT2D eigenvalue weighted by molar-refractivity contribution is 6.48. The smallest absolute Gasteiger partial charge is 0.184 e. The molecule has 0 saturated heterocycles. The van der Waals surface area contributed by atoms with Gasteiger partial charge in [0.1, 0.15) is 10.8 Å². The standard InChI is InChI=1S/C15H14Cl2O2/c1-15(2)13(16)11(18)10(12(19)14(15)17)8-9-6-4-3-5-7-9/h3-8,13-14H,1-2H3. The molecule has 2 nitrogen and oxygen atoms in total. The SMILES string of the molecule is CC1(C)C(Cl)C(=O)C(=Cc2ccccc2)C(=O)C1Cl. The Morgan fingerprint density at radius 2 is 1.47 bits per heavy atom. The van der Waals surface area contributed by atoms with Crippen LogP contribution in [0.15, 0.2) is 35.9 Å². The molecule has 4 heteroatoms. The van der Waals surface area contributed by atoms with Gasteiger partial charge in [-0.25, -0.2) is 0 Å². The van der Waals surface area contributed by atoms with E-state index < -0.39 is 16.2 Å². The Balaban J connectivity index is 2.45. The van der Waals surface area contributed by atoms with Crippen LogP contribution in [-0.4, -0.2) is 22.3 Å².